The normalized spacial score (nSPS) is 16.1. The highest BCUT2D eigenvalue weighted by Gasteiger charge is 2.20. The molecule has 0 aliphatic carbocycles. The lowest BCUT2D eigenvalue weighted by molar-refractivity contribution is -0.883. The van der Waals surface area contributed by atoms with E-state index in [2.05, 4.69) is 9.88 Å². The van der Waals surface area contributed by atoms with Gasteiger partial charge in [0.25, 0.3) is 5.52 Å². The lowest BCUT2D eigenvalue weighted by atomic mass is 10.2. The summed E-state index contributed by atoms with van der Waals surface area (Å²) in [5, 5.41) is 12.1. The van der Waals surface area contributed by atoms with Crippen LogP contribution in [0.15, 0.2) is 30.5 Å². The molecule has 0 atom stereocenters. The Morgan fingerprint density at radius 2 is 2.05 bits per heavy atom. The number of para-hydroxylation sites is 1. The van der Waals surface area contributed by atoms with Gasteiger partial charge in [-0.3, -0.25) is 5.21 Å². The highest BCUT2D eigenvalue weighted by atomic mass is 32.1. The summed E-state index contributed by atoms with van der Waals surface area (Å²) < 4.78 is 7.65. The van der Waals surface area contributed by atoms with E-state index in [1.54, 1.807) is 17.5 Å². The number of ether oxygens (including phenoxy) is 1. The minimum atomic E-state index is 0.747. The number of thiazole rings is 1. The van der Waals surface area contributed by atoms with Gasteiger partial charge in [-0.25, -0.2) is 4.98 Å². The summed E-state index contributed by atoms with van der Waals surface area (Å²) in [6, 6.07) is 7.83. The van der Waals surface area contributed by atoms with Crippen LogP contribution in [0.25, 0.3) is 21.1 Å². The van der Waals surface area contributed by atoms with Crippen molar-refractivity contribution in [3.63, 3.8) is 0 Å². The number of pyridine rings is 1. The Balaban J connectivity index is 1.92. The van der Waals surface area contributed by atoms with Crippen molar-refractivity contribution in [2.75, 3.05) is 31.2 Å². The molecule has 1 aliphatic rings. The molecule has 1 N–H and O–H groups in total. The van der Waals surface area contributed by atoms with E-state index in [0.717, 1.165) is 57.3 Å². The summed E-state index contributed by atoms with van der Waals surface area (Å²) >= 11 is 1.68. The number of anilines is 1. The fraction of sp³-hybridized carbons (Fsp3) is 0.286. The molecular formula is C14H14N3O2S+. The molecule has 0 saturated carbocycles. The topological polar surface area (TPSA) is 49.5 Å². The van der Waals surface area contributed by atoms with E-state index in [1.807, 2.05) is 24.3 Å². The van der Waals surface area contributed by atoms with Crippen LogP contribution in [0, 0.1) is 0 Å². The van der Waals surface area contributed by atoms with E-state index in [0.29, 0.717) is 0 Å². The first-order chi connectivity index (χ1) is 9.83. The maximum atomic E-state index is 10.0. The third kappa shape index (κ3) is 1.80. The summed E-state index contributed by atoms with van der Waals surface area (Å²) in [4.78, 5) is 6.90. The Labute approximate surface area is 119 Å². The molecule has 0 spiro atoms. The van der Waals surface area contributed by atoms with Gasteiger partial charge in [0, 0.05) is 23.9 Å². The molecule has 2 aromatic heterocycles. The zero-order valence-electron chi connectivity index (χ0n) is 10.8. The molecule has 0 unspecified atom stereocenters. The number of hydrogen-bond donors (Lipinski definition) is 1. The van der Waals surface area contributed by atoms with Crippen LogP contribution in [-0.4, -0.2) is 36.5 Å². The number of aromatic nitrogens is 2. The Morgan fingerprint density at radius 1 is 1.25 bits per heavy atom. The average Bonchev–Trinajstić information content (AvgIpc) is 2.93. The third-order valence-corrected chi connectivity index (χ3v) is 4.73. The Morgan fingerprint density at radius 3 is 2.90 bits per heavy atom. The van der Waals surface area contributed by atoms with Crippen LogP contribution in [-0.2, 0) is 4.74 Å². The molecule has 4 rings (SSSR count). The molecule has 1 saturated heterocycles. The molecule has 3 aromatic rings. The molecule has 0 radical (unpaired) electrons. The third-order valence-electron chi connectivity index (χ3n) is 3.56. The van der Waals surface area contributed by atoms with E-state index in [-0.39, 0.29) is 0 Å². The summed E-state index contributed by atoms with van der Waals surface area (Å²) in [7, 11) is 0. The van der Waals surface area contributed by atoms with Crippen LogP contribution in [0.4, 0.5) is 5.13 Å². The molecule has 5 nitrogen and oxygen atoms in total. The van der Waals surface area contributed by atoms with E-state index < -0.39 is 0 Å². The van der Waals surface area contributed by atoms with Crippen molar-refractivity contribution in [2.45, 2.75) is 0 Å². The first-order valence-electron chi connectivity index (χ1n) is 6.59. The molecule has 0 bridgehead atoms. The quantitative estimate of drug-likeness (QED) is 0.548. The predicted octanol–water partition coefficient (Wildman–Crippen LogP) is 1.81. The summed E-state index contributed by atoms with van der Waals surface area (Å²) in [5.74, 6) is 0. The second-order valence-electron chi connectivity index (χ2n) is 4.80. The zero-order valence-corrected chi connectivity index (χ0v) is 11.6. The van der Waals surface area contributed by atoms with E-state index in [1.165, 1.54) is 0 Å². The van der Waals surface area contributed by atoms with Gasteiger partial charge in [-0.15, -0.1) is 0 Å². The first kappa shape index (κ1) is 11.9. The van der Waals surface area contributed by atoms with Gasteiger partial charge in [-0.05, 0) is 6.07 Å². The lowest BCUT2D eigenvalue weighted by Gasteiger charge is -2.25. The Hall–Kier alpha value is -1.92. The largest absolute Gasteiger partial charge is 0.378 e. The summed E-state index contributed by atoms with van der Waals surface area (Å²) in [6.07, 6.45) is 1.68. The van der Waals surface area contributed by atoms with Gasteiger partial charge < -0.3 is 9.64 Å². The van der Waals surface area contributed by atoms with Crippen molar-refractivity contribution in [3.8, 4) is 0 Å². The van der Waals surface area contributed by atoms with Gasteiger partial charge in [0.05, 0.1) is 23.3 Å². The van der Waals surface area contributed by atoms with Crippen LogP contribution in [0.1, 0.15) is 0 Å². The number of nitrogens with zero attached hydrogens (tertiary/aromatic N) is 3. The monoisotopic (exact) mass is 288 g/mol. The number of hydrogen-bond acceptors (Lipinski definition) is 5. The number of fused-ring (bicyclic) bond motifs is 3. The summed E-state index contributed by atoms with van der Waals surface area (Å²) in [5.41, 5.74) is 1.63. The molecule has 1 aromatic carbocycles. The maximum Gasteiger partial charge on any atom is 0.266 e. The number of rotatable bonds is 1. The molecule has 3 heterocycles. The van der Waals surface area contributed by atoms with Crippen molar-refractivity contribution in [1.29, 1.82) is 0 Å². The van der Waals surface area contributed by atoms with E-state index in [9.17, 15) is 5.21 Å². The van der Waals surface area contributed by atoms with Gasteiger partial charge in [0.15, 0.2) is 10.6 Å². The van der Waals surface area contributed by atoms with E-state index >= 15 is 0 Å². The SMILES string of the molecule is O[n+]1cc2nc(N3CCOCC3)sc2c2ccccc21. The van der Waals surface area contributed by atoms with Crippen LogP contribution in [0.2, 0.25) is 0 Å². The van der Waals surface area contributed by atoms with Crippen LogP contribution in [0.3, 0.4) is 0 Å². The van der Waals surface area contributed by atoms with Crippen molar-refractivity contribution >= 4 is 37.6 Å². The van der Waals surface area contributed by atoms with Crippen molar-refractivity contribution < 1.29 is 14.7 Å². The van der Waals surface area contributed by atoms with Crippen LogP contribution in [0.5, 0.6) is 0 Å². The fourth-order valence-corrected chi connectivity index (χ4v) is 3.67. The van der Waals surface area contributed by atoms with Gasteiger partial charge in [0.2, 0.25) is 6.20 Å². The minimum absolute atomic E-state index is 0.747. The van der Waals surface area contributed by atoms with Gasteiger partial charge in [-0.1, -0.05) is 23.5 Å². The maximum absolute atomic E-state index is 10.0. The molecule has 6 heteroatoms. The van der Waals surface area contributed by atoms with E-state index in [4.69, 9.17) is 4.74 Å². The Bertz CT molecular complexity index is 781. The predicted molar refractivity (Wildman–Crippen MR) is 77.5 cm³/mol. The molecule has 1 fully saturated rings. The van der Waals surface area contributed by atoms with Crippen molar-refractivity contribution in [1.82, 2.24) is 4.98 Å². The molecule has 20 heavy (non-hydrogen) atoms. The van der Waals surface area contributed by atoms with Crippen molar-refractivity contribution in [2.24, 2.45) is 0 Å². The molecule has 102 valence electrons. The second kappa shape index (κ2) is 4.57. The highest BCUT2D eigenvalue weighted by Crippen LogP contribution is 2.32. The zero-order chi connectivity index (χ0) is 13.5. The first-order valence-corrected chi connectivity index (χ1v) is 7.40. The van der Waals surface area contributed by atoms with Crippen molar-refractivity contribution in [3.05, 3.63) is 30.5 Å². The highest BCUT2D eigenvalue weighted by molar-refractivity contribution is 7.23. The smallest absolute Gasteiger partial charge is 0.266 e. The average molecular weight is 288 g/mol. The lowest BCUT2D eigenvalue weighted by Crippen LogP contribution is -2.36. The van der Waals surface area contributed by atoms with Gasteiger partial charge in [0.1, 0.15) is 0 Å². The second-order valence-corrected chi connectivity index (χ2v) is 5.78. The van der Waals surface area contributed by atoms with Gasteiger partial charge >= 0.3 is 0 Å². The fourth-order valence-electron chi connectivity index (χ4n) is 2.54. The summed E-state index contributed by atoms with van der Waals surface area (Å²) in [6.45, 7) is 3.24. The van der Waals surface area contributed by atoms with Crippen LogP contribution < -0.4 is 9.63 Å². The molecule has 0 amide bonds. The van der Waals surface area contributed by atoms with Gasteiger partial charge in [-0.2, -0.15) is 0 Å². The van der Waals surface area contributed by atoms with Crippen LogP contribution >= 0.6 is 11.3 Å². The Kier molecular flexibility index (Phi) is 2.71. The molecular weight excluding hydrogens is 274 g/mol. The minimum Gasteiger partial charge on any atom is -0.378 e. The standard InChI is InChI=1S/C14H14N3O2S/c18-17-9-11-13(10-3-1-2-4-12(10)17)20-14(15-11)16-5-7-19-8-6-16/h1-4,9,18H,5-8H2/q+1. The molecule has 1 aliphatic heterocycles. The number of benzene rings is 1. The number of morpholine rings is 1.